The Labute approximate surface area is 128 Å². The summed E-state index contributed by atoms with van der Waals surface area (Å²) in [5, 5.41) is -0.102. The van der Waals surface area contributed by atoms with Crippen molar-refractivity contribution in [3.05, 3.63) is 17.0 Å². The van der Waals surface area contributed by atoms with Crippen LogP contribution >= 0.6 is 11.6 Å². The summed E-state index contributed by atoms with van der Waals surface area (Å²) in [5.74, 6) is 0.520. The molecule has 0 amide bonds. The summed E-state index contributed by atoms with van der Waals surface area (Å²) in [6, 6.07) is 1.91. The molecule has 0 aromatic carbocycles. The van der Waals surface area contributed by atoms with Gasteiger partial charge in [-0.2, -0.15) is 4.39 Å². The molecule has 116 valence electrons. The van der Waals surface area contributed by atoms with Crippen molar-refractivity contribution in [3.63, 3.8) is 0 Å². The lowest BCUT2D eigenvalue weighted by molar-refractivity contribution is -0.0480. The molecule has 2 N–H and O–H groups in total. The van der Waals surface area contributed by atoms with Crippen molar-refractivity contribution in [1.29, 1.82) is 0 Å². The van der Waals surface area contributed by atoms with Gasteiger partial charge in [0.2, 0.25) is 5.95 Å². The standard InChI is InChI=1S/C14H20ClFN4O/c1-9-5-19(6-10-7-21-8-10)2-3-20(9)12-4-11(17)13(15)14(16)18-12/h4,9-10H,2-3,5-8H2,1H3,(H2,17,18)/t9-/m0/s1. The van der Waals surface area contributed by atoms with Gasteiger partial charge in [-0.3, -0.25) is 4.90 Å². The molecule has 2 saturated heterocycles. The SMILES string of the molecule is C[C@H]1CN(CC2COC2)CCN1c1cc(N)c(Cl)c(F)n1. The molecule has 0 saturated carbocycles. The molecule has 2 fully saturated rings. The third-order valence-corrected chi connectivity index (χ3v) is 4.54. The molecule has 0 aliphatic carbocycles. The van der Waals surface area contributed by atoms with Crippen LogP contribution < -0.4 is 10.6 Å². The zero-order valence-electron chi connectivity index (χ0n) is 12.1. The number of pyridine rings is 1. The Morgan fingerprint density at radius 2 is 2.24 bits per heavy atom. The predicted molar refractivity (Wildman–Crippen MR) is 81.2 cm³/mol. The molecule has 21 heavy (non-hydrogen) atoms. The molecule has 1 aromatic rings. The van der Waals surface area contributed by atoms with Crippen LogP contribution in [0.1, 0.15) is 6.92 Å². The molecule has 2 aliphatic rings. The van der Waals surface area contributed by atoms with Crippen LogP contribution in [0.3, 0.4) is 0 Å². The van der Waals surface area contributed by atoms with Gasteiger partial charge in [-0.15, -0.1) is 0 Å². The Morgan fingerprint density at radius 3 is 2.81 bits per heavy atom. The number of nitrogens with two attached hydrogens (primary N) is 1. The van der Waals surface area contributed by atoms with Crippen LogP contribution in [0, 0.1) is 11.9 Å². The fourth-order valence-corrected chi connectivity index (χ4v) is 3.04. The summed E-state index contributed by atoms with van der Waals surface area (Å²) in [6.45, 7) is 7.61. The van der Waals surface area contributed by atoms with E-state index >= 15 is 0 Å². The van der Waals surface area contributed by atoms with E-state index in [1.807, 2.05) is 0 Å². The van der Waals surface area contributed by atoms with Crippen LogP contribution in [0.25, 0.3) is 0 Å². The maximum absolute atomic E-state index is 13.7. The minimum atomic E-state index is -0.701. The number of rotatable bonds is 3. The second kappa shape index (κ2) is 5.94. The number of anilines is 2. The maximum atomic E-state index is 13.7. The normalized spacial score (nSPS) is 24.1. The molecule has 7 heteroatoms. The smallest absolute Gasteiger partial charge is 0.235 e. The third kappa shape index (κ3) is 3.07. The van der Waals surface area contributed by atoms with Gasteiger partial charge in [0.15, 0.2) is 0 Å². The number of halogens is 2. The molecule has 0 unspecified atom stereocenters. The Morgan fingerprint density at radius 1 is 1.48 bits per heavy atom. The second-order valence-corrected chi connectivity index (χ2v) is 6.26. The first-order valence-electron chi connectivity index (χ1n) is 7.23. The Hall–Kier alpha value is -1.11. The van der Waals surface area contributed by atoms with Gasteiger partial charge in [0.1, 0.15) is 10.8 Å². The third-order valence-electron chi connectivity index (χ3n) is 4.16. The molecule has 2 aliphatic heterocycles. The lowest BCUT2D eigenvalue weighted by Crippen LogP contribution is -2.54. The number of aromatic nitrogens is 1. The Bertz CT molecular complexity index is 503. The monoisotopic (exact) mass is 314 g/mol. The molecule has 0 bridgehead atoms. The Balaban J connectivity index is 1.67. The first kappa shape index (κ1) is 14.8. The molecule has 1 atom stereocenters. The molecule has 5 nitrogen and oxygen atoms in total. The summed E-state index contributed by atoms with van der Waals surface area (Å²) in [7, 11) is 0. The topological polar surface area (TPSA) is 54.6 Å². The van der Waals surface area contributed by atoms with E-state index in [0.29, 0.717) is 11.7 Å². The first-order chi connectivity index (χ1) is 10.0. The van der Waals surface area contributed by atoms with Crippen molar-refractivity contribution in [2.75, 3.05) is 50.0 Å². The molecule has 0 spiro atoms. The summed E-state index contributed by atoms with van der Waals surface area (Å²) < 4.78 is 18.9. The van der Waals surface area contributed by atoms with Gasteiger partial charge in [-0.25, -0.2) is 4.98 Å². The quantitative estimate of drug-likeness (QED) is 0.859. The van der Waals surface area contributed by atoms with Gasteiger partial charge >= 0.3 is 0 Å². The summed E-state index contributed by atoms with van der Waals surface area (Å²) in [4.78, 5) is 8.45. The van der Waals surface area contributed by atoms with E-state index in [4.69, 9.17) is 22.1 Å². The van der Waals surface area contributed by atoms with E-state index in [2.05, 4.69) is 21.7 Å². The predicted octanol–water partition coefficient (Wildman–Crippen LogP) is 1.61. The van der Waals surface area contributed by atoms with E-state index in [1.54, 1.807) is 6.07 Å². The van der Waals surface area contributed by atoms with Crippen LogP contribution in [0.2, 0.25) is 5.02 Å². The number of nitrogen functional groups attached to an aromatic ring is 1. The molecule has 1 aromatic heterocycles. The molecule has 0 radical (unpaired) electrons. The minimum Gasteiger partial charge on any atom is -0.397 e. The molecular formula is C14H20ClFN4O. The number of hydrogen-bond donors (Lipinski definition) is 1. The fraction of sp³-hybridized carbons (Fsp3) is 0.643. The average Bonchev–Trinajstić information content (AvgIpc) is 2.40. The fourth-order valence-electron chi connectivity index (χ4n) is 2.94. The van der Waals surface area contributed by atoms with Gasteiger partial charge in [0.25, 0.3) is 0 Å². The average molecular weight is 315 g/mol. The van der Waals surface area contributed by atoms with Gasteiger partial charge < -0.3 is 15.4 Å². The zero-order valence-corrected chi connectivity index (χ0v) is 12.8. The Kier molecular flexibility index (Phi) is 4.19. The van der Waals surface area contributed by atoms with Crippen LogP contribution in [0.4, 0.5) is 15.9 Å². The largest absolute Gasteiger partial charge is 0.397 e. The van der Waals surface area contributed by atoms with Crippen LogP contribution in [-0.2, 0) is 4.74 Å². The van der Waals surface area contributed by atoms with Gasteiger partial charge in [-0.1, -0.05) is 11.6 Å². The minimum absolute atomic E-state index is 0.102. The van der Waals surface area contributed by atoms with Gasteiger partial charge in [-0.05, 0) is 6.92 Å². The summed E-state index contributed by atoms with van der Waals surface area (Å²) in [6.07, 6.45) is 0. The van der Waals surface area contributed by atoms with Crippen LogP contribution in [-0.4, -0.2) is 55.3 Å². The van der Waals surface area contributed by atoms with Crippen LogP contribution in [0.15, 0.2) is 6.07 Å². The van der Waals surface area contributed by atoms with E-state index in [-0.39, 0.29) is 16.8 Å². The summed E-state index contributed by atoms with van der Waals surface area (Å²) in [5.41, 5.74) is 5.97. The van der Waals surface area contributed by atoms with Crippen molar-refractivity contribution >= 4 is 23.1 Å². The number of piperazine rings is 1. The van der Waals surface area contributed by atoms with Crippen molar-refractivity contribution in [2.24, 2.45) is 5.92 Å². The van der Waals surface area contributed by atoms with Gasteiger partial charge in [0, 0.05) is 44.2 Å². The summed E-state index contributed by atoms with van der Waals surface area (Å²) >= 11 is 5.73. The number of nitrogens with zero attached hydrogens (tertiary/aromatic N) is 3. The number of hydrogen-bond acceptors (Lipinski definition) is 5. The zero-order chi connectivity index (χ0) is 15.0. The highest BCUT2D eigenvalue weighted by atomic mass is 35.5. The van der Waals surface area contributed by atoms with Gasteiger partial charge in [0.05, 0.1) is 18.9 Å². The molecule has 3 heterocycles. The van der Waals surface area contributed by atoms with E-state index in [9.17, 15) is 4.39 Å². The maximum Gasteiger partial charge on any atom is 0.235 e. The highest BCUT2D eigenvalue weighted by Gasteiger charge is 2.29. The van der Waals surface area contributed by atoms with E-state index in [1.165, 1.54) is 0 Å². The van der Waals surface area contributed by atoms with E-state index in [0.717, 1.165) is 39.4 Å². The van der Waals surface area contributed by atoms with E-state index < -0.39 is 5.95 Å². The van der Waals surface area contributed by atoms with Crippen molar-refractivity contribution in [2.45, 2.75) is 13.0 Å². The molecular weight excluding hydrogens is 295 g/mol. The lowest BCUT2D eigenvalue weighted by atomic mass is 10.1. The van der Waals surface area contributed by atoms with Crippen molar-refractivity contribution < 1.29 is 9.13 Å². The first-order valence-corrected chi connectivity index (χ1v) is 7.60. The molecule has 3 rings (SSSR count). The van der Waals surface area contributed by atoms with Crippen LogP contribution in [0.5, 0.6) is 0 Å². The highest BCUT2D eigenvalue weighted by molar-refractivity contribution is 6.33. The highest BCUT2D eigenvalue weighted by Crippen LogP contribution is 2.28. The number of ether oxygens (including phenoxy) is 1. The lowest BCUT2D eigenvalue weighted by Gasteiger charge is -2.42. The second-order valence-electron chi connectivity index (χ2n) is 5.88. The van der Waals surface area contributed by atoms with Crippen molar-refractivity contribution in [1.82, 2.24) is 9.88 Å². The van der Waals surface area contributed by atoms with Crippen molar-refractivity contribution in [3.8, 4) is 0 Å².